The van der Waals surface area contributed by atoms with Crippen molar-refractivity contribution in [3.05, 3.63) is 59.7 Å². The van der Waals surface area contributed by atoms with Crippen molar-refractivity contribution in [1.29, 1.82) is 0 Å². The highest BCUT2D eigenvalue weighted by Crippen LogP contribution is 2.11. The molecule has 0 amide bonds. The smallest absolute Gasteiger partial charge is 0.115 e. The molecule has 0 N–H and O–H groups in total. The zero-order valence-electron chi connectivity index (χ0n) is 8.85. The summed E-state index contributed by atoms with van der Waals surface area (Å²) < 4.78 is 0. The summed E-state index contributed by atoms with van der Waals surface area (Å²) in [6.07, 6.45) is 5.42. The Kier molecular flexibility index (Phi) is 3.08. The zero-order valence-corrected chi connectivity index (χ0v) is 8.85. The fraction of sp³-hybridized carbons (Fsp3) is 0.231. The lowest BCUT2D eigenvalue weighted by atomic mass is 10.0. The molecule has 0 bridgehead atoms. The molecule has 0 atom stereocenters. The number of hydrogen-bond acceptors (Lipinski definition) is 2. The molecule has 0 spiro atoms. The van der Waals surface area contributed by atoms with E-state index in [2.05, 4.69) is 41.2 Å². The lowest BCUT2D eigenvalue weighted by Crippen LogP contribution is -1.98. The van der Waals surface area contributed by atoms with Gasteiger partial charge in [0.2, 0.25) is 0 Å². The predicted octanol–water partition coefficient (Wildman–Crippen LogP) is 2.63. The Morgan fingerprint density at radius 3 is 2.67 bits per heavy atom. The van der Waals surface area contributed by atoms with Gasteiger partial charge in [0.1, 0.15) is 6.33 Å². The molecule has 76 valence electrons. The van der Waals surface area contributed by atoms with Gasteiger partial charge in [-0.1, -0.05) is 37.3 Å². The van der Waals surface area contributed by atoms with Crippen LogP contribution in [0, 0.1) is 0 Å². The maximum Gasteiger partial charge on any atom is 0.115 e. The van der Waals surface area contributed by atoms with Crippen LogP contribution in [0.4, 0.5) is 0 Å². The van der Waals surface area contributed by atoms with Crippen molar-refractivity contribution in [3.8, 4) is 0 Å². The van der Waals surface area contributed by atoms with Crippen molar-refractivity contribution in [2.24, 2.45) is 0 Å². The fourth-order valence-corrected chi connectivity index (χ4v) is 1.67. The highest BCUT2D eigenvalue weighted by atomic mass is 14.8. The second-order valence-corrected chi connectivity index (χ2v) is 3.51. The van der Waals surface area contributed by atoms with Crippen LogP contribution < -0.4 is 0 Å². The van der Waals surface area contributed by atoms with Gasteiger partial charge in [0.15, 0.2) is 0 Å². The highest BCUT2D eigenvalue weighted by Gasteiger charge is 2.02. The Bertz CT molecular complexity index is 424. The van der Waals surface area contributed by atoms with E-state index in [1.54, 1.807) is 6.33 Å². The molecule has 1 aromatic carbocycles. The normalized spacial score (nSPS) is 10.2. The summed E-state index contributed by atoms with van der Waals surface area (Å²) in [5.41, 5.74) is 3.68. The first-order valence-corrected chi connectivity index (χ1v) is 5.22. The summed E-state index contributed by atoms with van der Waals surface area (Å²) in [7, 11) is 0. The van der Waals surface area contributed by atoms with Gasteiger partial charge >= 0.3 is 0 Å². The molecule has 1 aromatic heterocycles. The summed E-state index contributed by atoms with van der Waals surface area (Å²) in [6, 6.07) is 10.4. The minimum Gasteiger partial charge on any atom is -0.245 e. The van der Waals surface area contributed by atoms with Crippen molar-refractivity contribution in [2.75, 3.05) is 0 Å². The second kappa shape index (κ2) is 4.69. The molecule has 2 heteroatoms. The average molecular weight is 198 g/mol. The Morgan fingerprint density at radius 1 is 1.13 bits per heavy atom. The number of hydrogen-bond donors (Lipinski definition) is 0. The number of aryl methyl sites for hydroxylation is 1. The van der Waals surface area contributed by atoms with E-state index in [-0.39, 0.29) is 0 Å². The van der Waals surface area contributed by atoms with Gasteiger partial charge in [-0.3, -0.25) is 0 Å². The lowest BCUT2D eigenvalue weighted by molar-refractivity contribution is 0.942. The van der Waals surface area contributed by atoms with Crippen LogP contribution in [0.2, 0.25) is 0 Å². The van der Waals surface area contributed by atoms with Crippen LogP contribution >= 0.6 is 0 Å². The monoisotopic (exact) mass is 198 g/mol. The third-order valence-electron chi connectivity index (χ3n) is 2.45. The summed E-state index contributed by atoms with van der Waals surface area (Å²) >= 11 is 0. The number of rotatable bonds is 3. The first kappa shape index (κ1) is 9.84. The molecule has 2 rings (SSSR count). The van der Waals surface area contributed by atoms with Crippen molar-refractivity contribution in [2.45, 2.75) is 19.8 Å². The Hall–Kier alpha value is -1.70. The van der Waals surface area contributed by atoms with Gasteiger partial charge < -0.3 is 0 Å². The maximum absolute atomic E-state index is 4.28. The summed E-state index contributed by atoms with van der Waals surface area (Å²) in [5, 5.41) is 0. The first-order valence-electron chi connectivity index (χ1n) is 5.22. The van der Waals surface area contributed by atoms with E-state index >= 15 is 0 Å². The molecule has 1 heterocycles. The van der Waals surface area contributed by atoms with E-state index in [1.165, 1.54) is 11.1 Å². The van der Waals surface area contributed by atoms with Gasteiger partial charge in [-0.25, -0.2) is 9.97 Å². The lowest BCUT2D eigenvalue weighted by Gasteiger charge is -2.05. The van der Waals surface area contributed by atoms with Gasteiger partial charge in [0, 0.05) is 18.3 Å². The van der Waals surface area contributed by atoms with Crippen LogP contribution in [0.3, 0.4) is 0 Å². The van der Waals surface area contributed by atoms with Gasteiger partial charge in [-0.2, -0.15) is 0 Å². The Labute approximate surface area is 90.0 Å². The zero-order chi connectivity index (χ0) is 10.5. The minimum absolute atomic E-state index is 0.921. The molecule has 0 saturated carbocycles. The van der Waals surface area contributed by atoms with Crippen molar-refractivity contribution in [1.82, 2.24) is 9.97 Å². The molecule has 0 unspecified atom stereocenters. The summed E-state index contributed by atoms with van der Waals surface area (Å²) in [5.74, 6) is 0. The first-order chi connectivity index (χ1) is 7.40. The highest BCUT2D eigenvalue weighted by molar-refractivity contribution is 5.26. The molecule has 0 saturated heterocycles. The number of benzene rings is 1. The van der Waals surface area contributed by atoms with Crippen LogP contribution in [0.5, 0.6) is 0 Å². The van der Waals surface area contributed by atoms with E-state index in [1.807, 2.05) is 12.3 Å². The fourth-order valence-electron chi connectivity index (χ4n) is 1.67. The second-order valence-electron chi connectivity index (χ2n) is 3.51. The van der Waals surface area contributed by atoms with Gasteiger partial charge in [-0.15, -0.1) is 0 Å². The van der Waals surface area contributed by atoms with Crippen molar-refractivity contribution >= 4 is 0 Å². The molecule has 0 aliphatic rings. The number of nitrogens with zero attached hydrogens (tertiary/aromatic N) is 2. The topological polar surface area (TPSA) is 25.8 Å². The van der Waals surface area contributed by atoms with Gasteiger partial charge in [-0.05, 0) is 17.5 Å². The molecule has 0 aliphatic heterocycles. The third-order valence-corrected chi connectivity index (χ3v) is 2.45. The van der Waals surface area contributed by atoms with Crippen LogP contribution in [0.15, 0.2) is 42.9 Å². The minimum atomic E-state index is 0.921. The van der Waals surface area contributed by atoms with Gasteiger partial charge in [0.25, 0.3) is 0 Å². The van der Waals surface area contributed by atoms with E-state index < -0.39 is 0 Å². The van der Waals surface area contributed by atoms with E-state index in [0.717, 1.165) is 18.5 Å². The average Bonchev–Trinajstić information content (AvgIpc) is 2.31. The molecule has 15 heavy (non-hydrogen) atoms. The Morgan fingerprint density at radius 2 is 1.93 bits per heavy atom. The van der Waals surface area contributed by atoms with Crippen LogP contribution in [-0.2, 0) is 12.8 Å². The molecular formula is C13H14N2. The number of aromatic nitrogens is 2. The molecule has 0 aliphatic carbocycles. The molecule has 2 nitrogen and oxygen atoms in total. The quantitative estimate of drug-likeness (QED) is 0.757. The standard InChI is InChI=1S/C13H14N2/c1-2-13-12(9-14-10-15-13)8-11-6-4-3-5-7-11/h3-7,9-10H,2,8H2,1H3. The largest absolute Gasteiger partial charge is 0.245 e. The van der Waals surface area contributed by atoms with Gasteiger partial charge in [0.05, 0.1) is 0 Å². The van der Waals surface area contributed by atoms with E-state index in [0.29, 0.717) is 0 Å². The van der Waals surface area contributed by atoms with E-state index in [9.17, 15) is 0 Å². The third kappa shape index (κ3) is 2.40. The van der Waals surface area contributed by atoms with Crippen molar-refractivity contribution in [3.63, 3.8) is 0 Å². The summed E-state index contributed by atoms with van der Waals surface area (Å²) in [6.45, 7) is 2.12. The summed E-state index contributed by atoms with van der Waals surface area (Å²) in [4.78, 5) is 8.36. The predicted molar refractivity (Wildman–Crippen MR) is 60.7 cm³/mol. The SMILES string of the molecule is CCc1ncncc1Cc1ccccc1. The van der Waals surface area contributed by atoms with Crippen LogP contribution in [-0.4, -0.2) is 9.97 Å². The van der Waals surface area contributed by atoms with Crippen LogP contribution in [0.25, 0.3) is 0 Å². The molecule has 0 radical (unpaired) electrons. The van der Waals surface area contributed by atoms with Crippen LogP contribution in [0.1, 0.15) is 23.7 Å². The molecule has 2 aromatic rings. The molecule has 0 fully saturated rings. The van der Waals surface area contributed by atoms with Crippen molar-refractivity contribution < 1.29 is 0 Å². The maximum atomic E-state index is 4.28. The van der Waals surface area contributed by atoms with E-state index in [4.69, 9.17) is 0 Å². The Balaban J connectivity index is 2.24. The molecular weight excluding hydrogens is 184 g/mol.